The summed E-state index contributed by atoms with van der Waals surface area (Å²) in [5, 5.41) is 6.09. The number of amides is 2. The van der Waals surface area contributed by atoms with E-state index >= 15 is 0 Å². The second-order valence-corrected chi connectivity index (χ2v) is 5.11. The Kier molecular flexibility index (Phi) is 6.05. The molecule has 0 bridgehead atoms. The summed E-state index contributed by atoms with van der Waals surface area (Å²) in [6.45, 7) is 7.14. The highest BCUT2D eigenvalue weighted by atomic mass is 16.2. The first kappa shape index (κ1) is 16.9. The van der Waals surface area contributed by atoms with Crippen LogP contribution in [0.2, 0.25) is 0 Å². The van der Waals surface area contributed by atoms with E-state index in [0.717, 1.165) is 30.5 Å². The van der Waals surface area contributed by atoms with Crippen molar-refractivity contribution >= 4 is 28.4 Å². The molecule has 0 atom stereocenters. The molecule has 0 aliphatic heterocycles. The molecule has 1 heterocycles. The third-order valence-corrected chi connectivity index (χ3v) is 3.71. The van der Waals surface area contributed by atoms with Crippen LogP contribution in [0.5, 0.6) is 0 Å². The molecule has 0 fully saturated rings. The number of carbonyl (C=O) groups excluding carboxylic acids is 2. The number of hydrogen-bond acceptors (Lipinski definition) is 4. The number of anilines is 1. The Bertz CT molecular complexity index is 678. The molecule has 0 saturated heterocycles. The number of aromatic nitrogens is 1. The van der Waals surface area contributed by atoms with E-state index in [4.69, 9.17) is 0 Å². The number of fused-ring (bicyclic) bond motifs is 1. The summed E-state index contributed by atoms with van der Waals surface area (Å²) in [4.78, 5) is 30.3. The van der Waals surface area contributed by atoms with E-state index in [2.05, 4.69) is 34.4 Å². The lowest BCUT2D eigenvalue weighted by Gasteiger charge is -2.17. The minimum Gasteiger partial charge on any atom is -0.347 e. The van der Waals surface area contributed by atoms with E-state index in [9.17, 15) is 9.59 Å². The van der Waals surface area contributed by atoms with Gasteiger partial charge in [0, 0.05) is 24.7 Å². The first-order valence-corrected chi connectivity index (χ1v) is 7.81. The van der Waals surface area contributed by atoms with Crippen LogP contribution >= 0.6 is 0 Å². The molecule has 0 spiro atoms. The van der Waals surface area contributed by atoms with Crippen molar-refractivity contribution in [2.75, 3.05) is 31.5 Å². The summed E-state index contributed by atoms with van der Waals surface area (Å²) in [7, 11) is 0. The molecule has 1 aromatic carbocycles. The fourth-order valence-corrected chi connectivity index (χ4v) is 2.34. The predicted octanol–water partition coefficient (Wildman–Crippen LogP) is 1.63. The maximum Gasteiger partial charge on any atom is 0.313 e. The molecule has 0 aliphatic carbocycles. The molecule has 2 amide bonds. The highest BCUT2D eigenvalue weighted by Gasteiger charge is 2.14. The average Bonchev–Trinajstić information content (AvgIpc) is 2.59. The van der Waals surface area contributed by atoms with Gasteiger partial charge in [-0.3, -0.25) is 14.6 Å². The van der Waals surface area contributed by atoms with E-state index in [1.807, 2.05) is 12.1 Å². The molecule has 2 aromatic rings. The van der Waals surface area contributed by atoms with Crippen LogP contribution in [-0.4, -0.2) is 47.9 Å². The normalized spacial score (nSPS) is 10.7. The van der Waals surface area contributed by atoms with E-state index < -0.39 is 11.8 Å². The lowest BCUT2D eigenvalue weighted by atomic mass is 10.2. The van der Waals surface area contributed by atoms with Gasteiger partial charge in [0.2, 0.25) is 0 Å². The first-order chi connectivity index (χ1) is 11.2. The molecule has 0 unspecified atom stereocenters. The van der Waals surface area contributed by atoms with Crippen molar-refractivity contribution in [2.45, 2.75) is 13.8 Å². The lowest BCUT2D eigenvalue weighted by molar-refractivity contribution is -0.136. The molecule has 2 rings (SSSR count). The van der Waals surface area contributed by atoms with Crippen LogP contribution in [-0.2, 0) is 9.59 Å². The molecular weight excluding hydrogens is 292 g/mol. The van der Waals surface area contributed by atoms with Crippen molar-refractivity contribution in [3.05, 3.63) is 36.5 Å². The molecule has 0 radical (unpaired) electrons. The first-order valence-electron chi connectivity index (χ1n) is 7.81. The Balaban J connectivity index is 1.94. The lowest BCUT2D eigenvalue weighted by Crippen LogP contribution is -2.40. The van der Waals surface area contributed by atoms with Crippen molar-refractivity contribution in [1.29, 1.82) is 0 Å². The number of likely N-dealkylation sites (N-methyl/N-ethyl adjacent to an activating group) is 1. The van der Waals surface area contributed by atoms with E-state index in [0.29, 0.717) is 12.2 Å². The molecule has 1 aromatic heterocycles. The third-order valence-electron chi connectivity index (χ3n) is 3.71. The molecule has 6 heteroatoms. The van der Waals surface area contributed by atoms with Crippen LogP contribution in [0, 0.1) is 0 Å². The van der Waals surface area contributed by atoms with Gasteiger partial charge in [-0.25, -0.2) is 0 Å². The van der Waals surface area contributed by atoms with Crippen molar-refractivity contribution in [3.63, 3.8) is 0 Å². The zero-order valence-electron chi connectivity index (χ0n) is 13.5. The Morgan fingerprint density at radius 2 is 1.87 bits per heavy atom. The van der Waals surface area contributed by atoms with Gasteiger partial charge >= 0.3 is 11.8 Å². The van der Waals surface area contributed by atoms with Gasteiger partial charge in [-0.2, -0.15) is 0 Å². The van der Waals surface area contributed by atoms with Gasteiger partial charge in [0.25, 0.3) is 0 Å². The molecule has 122 valence electrons. The Morgan fingerprint density at radius 1 is 1.09 bits per heavy atom. The fourth-order valence-electron chi connectivity index (χ4n) is 2.34. The van der Waals surface area contributed by atoms with E-state index in [-0.39, 0.29) is 0 Å². The minimum absolute atomic E-state index is 0.449. The van der Waals surface area contributed by atoms with Crippen molar-refractivity contribution in [2.24, 2.45) is 0 Å². The molecular formula is C17H22N4O2. The van der Waals surface area contributed by atoms with E-state index in [1.54, 1.807) is 24.4 Å². The Labute approximate surface area is 135 Å². The van der Waals surface area contributed by atoms with Crippen LogP contribution in [0.25, 0.3) is 10.9 Å². The number of benzene rings is 1. The zero-order chi connectivity index (χ0) is 16.7. The summed E-state index contributed by atoms with van der Waals surface area (Å²) in [6.07, 6.45) is 1.69. The second-order valence-electron chi connectivity index (χ2n) is 5.11. The van der Waals surface area contributed by atoms with Gasteiger partial charge < -0.3 is 15.5 Å². The number of hydrogen-bond donors (Lipinski definition) is 2. The highest BCUT2D eigenvalue weighted by molar-refractivity contribution is 6.40. The van der Waals surface area contributed by atoms with Gasteiger partial charge in [0.15, 0.2) is 0 Å². The van der Waals surface area contributed by atoms with Crippen LogP contribution in [0.3, 0.4) is 0 Å². The SMILES string of the molecule is CCN(CC)CCNC(=O)C(=O)Nc1cccc2ncccc12. The predicted molar refractivity (Wildman–Crippen MR) is 91.2 cm³/mol. The smallest absolute Gasteiger partial charge is 0.313 e. The summed E-state index contributed by atoms with van der Waals surface area (Å²) in [6, 6.07) is 9.06. The Hall–Kier alpha value is -2.47. The Morgan fingerprint density at radius 3 is 2.61 bits per heavy atom. The standard InChI is InChI=1S/C17H22N4O2/c1-3-21(4-2)12-11-19-16(22)17(23)20-15-9-5-8-14-13(15)7-6-10-18-14/h5-10H,3-4,11-12H2,1-2H3,(H,19,22)(H,20,23). The second kappa shape index (κ2) is 8.24. The topological polar surface area (TPSA) is 74.3 Å². The van der Waals surface area contributed by atoms with Crippen LogP contribution in [0.15, 0.2) is 36.5 Å². The number of nitrogens with zero attached hydrogens (tertiary/aromatic N) is 2. The number of carbonyl (C=O) groups is 2. The summed E-state index contributed by atoms with van der Waals surface area (Å²) in [5.74, 6) is -1.29. The van der Waals surface area contributed by atoms with Gasteiger partial charge in [-0.1, -0.05) is 19.9 Å². The molecule has 2 N–H and O–H groups in total. The summed E-state index contributed by atoms with van der Waals surface area (Å²) in [5.41, 5.74) is 1.35. The van der Waals surface area contributed by atoms with Gasteiger partial charge in [-0.15, -0.1) is 0 Å². The number of pyridine rings is 1. The maximum atomic E-state index is 12.0. The molecule has 0 saturated carbocycles. The fraction of sp³-hybridized carbons (Fsp3) is 0.353. The third kappa shape index (κ3) is 4.50. The van der Waals surface area contributed by atoms with Gasteiger partial charge in [0.1, 0.15) is 0 Å². The monoisotopic (exact) mass is 314 g/mol. The van der Waals surface area contributed by atoms with Crippen molar-refractivity contribution < 1.29 is 9.59 Å². The summed E-state index contributed by atoms with van der Waals surface area (Å²) >= 11 is 0. The van der Waals surface area contributed by atoms with E-state index in [1.165, 1.54) is 0 Å². The zero-order valence-corrected chi connectivity index (χ0v) is 13.5. The van der Waals surface area contributed by atoms with Crippen LogP contribution in [0.4, 0.5) is 5.69 Å². The van der Waals surface area contributed by atoms with Gasteiger partial charge in [0.05, 0.1) is 11.2 Å². The van der Waals surface area contributed by atoms with Crippen LogP contribution < -0.4 is 10.6 Å². The number of rotatable bonds is 6. The molecule has 6 nitrogen and oxygen atoms in total. The maximum absolute atomic E-state index is 12.0. The molecule has 23 heavy (non-hydrogen) atoms. The minimum atomic E-state index is -0.666. The summed E-state index contributed by atoms with van der Waals surface area (Å²) < 4.78 is 0. The highest BCUT2D eigenvalue weighted by Crippen LogP contribution is 2.20. The largest absolute Gasteiger partial charge is 0.347 e. The van der Waals surface area contributed by atoms with Gasteiger partial charge in [-0.05, 0) is 37.4 Å². The quantitative estimate of drug-likeness (QED) is 0.795. The van der Waals surface area contributed by atoms with Crippen molar-refractivity contribution in [1.82, 2.24) is 15.2 Å². The van der Waals surface area contributed by atoms with Crippen molar-refractivity contribution in [3.8, 4) is 0 Å². The average molecular weight is 314 g/mol. The number of nitrogens with one attached hydrogen (secondary N) is 2. The molecule has 0 aliphatic rings. The van der Waals surface area contributed by atoms with Crippen LogP contribution in [0.1, 0.15) is 13.8 Å².